The number of carbonyl (C=O) groups excluding carboxylic acids is 1. The van der Waals surface area contributed by atoms with Crippen molar-refractivity contribution in [1.82, 2.24) is 0 Å². The molecule has 0 fully saturated rings. The van der Waals surface area contributed by atoms with Crippen molar-refractivity contribution in [3.8, 4) is 0 Å². The molecule has 0 aromatic carbocycles. The van der Waals surface area contributed by atoms with E-state index in [-0.39, 0.29) is 0 Å². The lowest BCUT2D eigenvalue weighted by Crippen LogP contribution is -1.91. The third-order valence-electron chi connectivity index (χ3n) is 2.11. The topological polar surface area (TPSA) is 17.1 Å². The van der Waals surface area contributed by atoms with E-state index in [4.69, 9.17) is 0 Å². The molecule has 73 valence electrons. The number of unbranched alkanes of at least 4 members (excludes halogenated alkanes) is 1. The Morgan fingerprint density at radius 2 is 2.23 bits per heavy atom. The van der Waals surface area contributed by atoms with Gasteiger partial charge in [-0.05, 0) is 19.3 Å². The van der Waals surface area contributed by atoms with E-state index < -0.39 is 0 Å². The van der Waals surface area contributed by atoms with Gasteiger partial charge in [-0.15, -0.1) is 0 Å². The first kappa shape index (κ1) is 12.2. The minimum atomic E-state index is 0.414. The maximum absolute atomic E-state index is 10.0. The highest BCUT2D eigenvalue weighted by atomic mass is 16.1. The fourth-order valence-corrected chi connectivity index (χ4v) is 1.01. The summed E-state index contributed by atoms with van der Waals surface area (Å²) >= 11 is 0. The zero-order valence-corrected chi connectivity index (χ0v) is 8.84. The quantitative estimate of drug-likeness (QED) is 0.571. The van der Waals surface area contributed by atoms with E-state index in [1.54, 1.807) is 0 Å². The van der Waals surface area contributed by atoms with Gasteiger partial charge in [0.05, 0.1) is 0 Å². The van der Waals surface area contributed by atoms with Crippen LogP contribution in [0.2, 0.25) is 0 Å². The van der Waals surface area contributed by atoms with E-state index in [9.17, 15) is 4.79 Å². The normalized spacial score (nSPS) is 14.8. The van der Waals surface area contributed by atoms with Gasteiger partial charge in [0, 0.05) is 6.42 Å². The summed E-state index contributed by atoms with van der Waals surface area (Å²) in [7, 11) is 0. The van der Waals surface area contributed by atoms with E-state index in [0.717, 1.165) is 6.42 Å². The second-order valence-corrected chi connectivity index (χ2v) is 3.30. The highest BCUT2D eigenvalue weighted by Gasteiger charge is 1.97. The fraction of sp³-hybridized carbons (Fsp3) is 0.583. The molecule has 0 aliphatic heterocycles. The molecule has 1 unspecified atom stereocenters. The Morgan fingerprint density at radius 3 is 2.77 bits per heavy atom. The summed E-state index contributed by atoms with van der Waals surface area (Å²) in [6.07, 6.45) is 10.9. The molecular weight excluding hydrogens is 160 g/mol. The maximum Gasteiger partial charge on any atom is 0.202 e. The SMILES string of the molecule is CCC/C=C/C(C)/C(C)=C/C[C]=O. The predicted octanol–water partition coefficient (Wildman–Crippen LogP) is 3.42. The molecule has 0 saturated heterocycles. The first-order valence-electron chi connectivity index (χ1n) is 4.90. The van der Waals surface area contributed by atoms with Crippen LogP contribution in [0.4, 0.5) is 0 Å². The third kappa shape index (κ3) is 6.32. The Morgan fingerprint density at radius 1 is 1.54 bits per heavy atom. The van der Waals surface area contributed by atoms with Crippen LogP contribution in [-0.2, 0) is 4.79 Å². The molecule has 0 heterocycles. The molecule has 0 rings (SSSR count). The van der Waals surface area contributed by atoms with Crippen LogP contribution in [-0.4, -0.2) is 6.29 Å². The molecule has 13 heavy (non-hydrogen) atoms. The molecule has 0 aliphatic rings. The van der Waals surface area contributed by atoms with Crippen LogP contribution < -0.4 is 0 Å². The van der Waals surface area contributed by atoms with Crippen molar-refractivity contribution in [2.24, 2.45) is 5.92 Å². The van der Waals surface area contributed by atoms with Gasteiger partial charge in [-0.25, -0.2) is 0 Å². The van der Waals surface area contributed by atoms with Gasteiger partial charge in [-0.3, -0.25) is 4.79 Å². The summed E-state index contributed by atoms with van der Waals surface area (Å²) < 4.78 is 0. The minimum absolute atomic E-state index is 0.414. The zero-order valence-electron chi connectivity index (χ0n) is 8.84. The summed E-state index contributed by atoms with van der Waals surface area (Å²) in [5.74, 6) is 0.444. The molecule has 0 amide bonds. The van der Waals surface area contributed by atoms with E-state index in [1.165, 1.54) is 12.0 Å². The molecule has 0 aromatic heterocycles. The average Bonchev–Trinajstić information content (AvgIpc) is 2.14. The van der Waals surface area contributed by atoms with Crippen molar-refractivity contribution < 1.29 is 4.79 Å². The standard InChI is InChI=1S/C12H19O/c1-4-5-6-8-11(2)12(3)9-7-10-13/h6,8-9,11H,4-5,7H2,1-3H3/b8-6+,12-9+. The van der Waals surface area contributed by atoms with E-state index >= 15 is 0 Å². The van der Waals surface area contributed by atoms with Crippen LogP contribution >= 0.6 is 0 Å². The van der Waals surface area contributed by atoms with Crippen LogP contribution in [0.25, 0.3) is 0 Å². The maximum atomic E-state index is 10.0. The molecule has 1 nitrogen and oxygen atoms in total. The summed E-state index contributed by atoms with van der Waals surface area (Å²) in [4.78, 5) is 10.0. The lowest BCUT2D eigenvalue weighted by Gasteiger charge is -2.05. The molecule has 1 heteroatoms. The van der Waals surface area contributed by atoms with Crippen molar-refractivity contribution in [3.63, 3.8) is 0 Å². The van der Waals surface area contributed by atoms with Gasteiger partial charge in [0.1, 0.15) is 0 Å². The smallest absolute Gasteiger partial charge is 0.202 e. The second kappa shape index (κ2) is 7.78. The average molecular weight is 179 g/mol. The van der Waals surface area contributed by atoms with Gasteiger partial charge < -0.3 is 0 Å². The Bertz CT molecular complexity index is 189. The van der Waals surface area contributed by atoms with E-state index in [0.29, 0.717) is 12.3 Å². The van der Waals surface area contributed by atoms with Crippen molar-refractivity contribution in [1.29, 1.82) is 0 Å². The van der Waals surface area contributed by atoms with Crippen LogP contribution in [0.5, 0.6) is 0 Å². The van der Waals surface area contributed by atoms with Gasteiger partial charge >= 0.3 is 0 Å². The van der Waals surface area contributed by atoms with Gasteiger partial charge in [0.15, 0.2) is 0 Å². The Kier molecular flexibility index (Phi) is 7.27. The summed E-state index contributed by atoms with van der Waals surface area (Å²) in [6, 6.07) is 0. The largest absolute Gasteiger partial charge is 0.291 e. The van der Waals surface area contributed by atoms with Crippen LogP contribution in [0.1, 0.15) is 40.0 Å². The Hall–Kier alpha value is -0.850. The Labute approximate surface area is 81.5 Å². The number of allylic oxidation sites excluding steroid dienone is 4. The van der Waals surface area contributed by atoms with Crippen molar-refractivity contribution in [2.45, 2.75) is 40.0 Å². The monoisotopic (exact) mass is 179 g/mol. The van der Waals surface area contributed by atoms with Crippen molar-refractivity contribution in [3.05, 3.63) is 23.8 Å². The van der Waals surface area contributed by atoms with Gasteiger partial charge in [0.2, 0.25) is 6.29 Å². The molecular formula is C12H19O. The molecule has 0 bridgehead atoms. The summed E-state index contributed by atoms with van der Waals surface area (Å²) in [5.41, 5.74) is 1.25. The minimum Gasteiger partial charge on any atom is -0.291 e. The summed E-state index contributed by atoms with van der Waals surface area (Å²) in [6.45, 7) is 6.36. The van der Waals surface area contributed by atoms with Gasteiger partial charge in [0.25, 0.3) is 0 Å². The van der Waals surface area contributed by atoms with Crippen LogP contribution in [0.15, 0.2) is 23.8 Å². The molecule has 0 N–H and O–H groups in total. The first-order chi connectivity index (χ1) is 6.22. The third-order valence-corrected chi connectivity index (χ3v) is 2.11. The van der Waals surface area contributed by atoms with E-state index in [2.05, 4.69) is 32.9 Å². The molecule has 1 atom stereocenters. The number of rotatable bonds is 6. The number of hydrogen-bond acceptors (Lipinski definition) is 1. The van der Waals surface area contributed by atoms with Crippen molar-refractivity contribution in [2.75, 3.05) is 0 Å². The molecule has 0 spiro atoms. The lowest BCUT2D eigenvalue weighted by atomic mass is 10.0. The van der Waals surface area contributed by atoms with E-state index in [1.807, 2.05) is 12.4 Å². The highest BCUT2D eigenvalue weighted by Crippen LogP contribution is 2.12. The first-order valence-corrected chi connectivity index (χ1v) is 4.90. The molecule has 1 radical (unpaired) electrons. The lowest BCUT2D eigenvalue weighted by molar-refractivity contribution is 0.556. The fourth-order valence-electron chi connectivity index (χ4n) is 1.01. The molecule has 0 aliphatic carbocycles. The molecule has 0 saturated carbocycles. The van der Waals surface area contributed by atoms with Gasteiger partial charge in [-0.1, -0.05) is 44.1 Å². The van der Waals surface area contributed by atoms with Crippen molar-refractivity contribution >= 4 is 6.29 Å². The summed E-state index contributed by atoms with van der Waals surface area (Å²) in [5, 5.41) is 0. The molecule has 0 aromatic rings. The highest BCUT2D eigenvalue weighted by molar-refractivity contribution is 5.53. The predicted molar refractivity (Wildman–Crippen MR) is 57.3 cm³/mol. The van der Waals surface area contributed by atoms with Crippen LogP contribution in [0, 0.1) is 5.92 Å². The second-order valence-electron chi connectivity index (χ2n) is 3.30. The number of hydrogen-bond donors (Lipinski definition) is 0. The van der Waals surface area contributed by atoms with Gasteiger partial charge in [-0.2, -0.15) is 0 Å². The zero-order chi connectivity index (χ0) is 10.1. The Balaban J connectivity index is 3.93. The van der Waals surface area contributed by atoms with Crippen LogP contribution in [0.3, 0.4) is 0 Å².